The average molecular weight is 446 g/mol. The average Bonchev–Trinajstić information content (AvgIpc) is 3.19. The van der Waals surface area contributed by atoms with Crippen molar-refractivity contribution in [3.8, 4) is 11.5 Å². The summed E-state index contributed by atoms with van der Waals surface area (Å²) in [5.74, 6) is -0.562. The van der Waals surface area contributed by atoms with Gasteiger partial charge >= 0.3 is 6.18 Å². The van der Waals surface area contributed by atoms with Crippen LogP contribution in [0, 0.1) is 0 Å². The Bertz CT molecular complexity index is 1140. The molecule has 0 saturated heterocycles. The van der Waals surface area contributed by atoms with Crippen LogP contribution in [0.2, 0.25) is 0 Å². The van der Waals surface area contributed by atoms with Gasteiger partial charge in [0.2, 0.25) is 0 Å². The molecule has 0 aliphatic carbocycles. The highest BCUT2D eigenvalue weighted by molar-refractivity contribution is 6.06. The number of benzene rings is 2. The van der Waals surface area contributed by atoms with Gasteiger partial charge in [-0.2, -0.15) is 13.2 Å². The molecular weight excluding hydrogens is 429 g/mol. The van der Waals surface area contributed by atoms with Gasteiger partial charge in [-0.25, -0.2) is 0 Å². The summed E-state index contributed by atoms with van der Waals surface area (Å²) < 4.78 is 56.7. The van der Waals surface area contributed by atoms with Crippen LogP contribution in [0.3, 0.4) is 0 Å². The molecule has 1 aliphatic rings. The van der Waals surface area contributed by atoms with Crippen molar-refractivity contribution in [2.24, 2.45) is 0 Å². The van der Waals surface area contributed by atoms with Crippen molar-refractivity contribution in [2.75, 3.05) is 23.8 Å². The number of amides is 2. The van der Waals surface area contributed by atoms with Crippen molar-refractivity contribution in [3.05, 3.63) is 71.7 Å². The third-order valence-electron chi connectivity index (χ3n) is 4.62. The van der Waals surface area contributed by atoms with Crippen LogP contribution < -0.4 is 20.1 Å². The Kier molecular flexibility index (Phi) is 5.76. The van der Waals surface area contributed by atoms with Crippen LogP contribution in [0.15, 0.2) is 59.4 Å². The number of alkyl halides is 3. The molecule has 0 fully saturated rings. The Labute approximate surface area is 180 Å². The Morgan fingerprint density at radius 2 is 1.59 bits per heavy atom. The Balaban J connectivity index is 1.57. The highest BCUT2D eigenvalue weighted by Gasteiger charge is 2.34. The second-order valence-corrected chi connectivity index (χ2v) is 6.89. The molecule has 3 aromatic rings. The van der Waals surface area contributed by atoms with E-state index >= 15 is 0 Å². The van der Waals surface area contributed by atoms with E-state index in [1.165, 1.54) is 42.9 Å². The Morgan fingerprint density at radius 1 is 0.844 bits per heavy atom. The minimum Gasteiger partial charge on any atom is -0.490 e. The van der Waals surface area contributed by atoms with E-state index in [2.05, 4.69) is 10.6 Å². The fourth-order valence-electron chi connectivity index (χ4n) is 3.06. The first kappa shape index (κ1) is 21.3. The molecule has 0 radical (unpaired) electrons. The number of ether oxygens (including phenoxy) is 2. The molecule has 0 atom stereocenters. The molecule has 4 rings (SSSR count). The molecule has 2 amide bonds. The topological polar surface area (TPSA) is 89.8 Å². The lowest BCUT2D eigenvalue weighted by molar-refractivity contribution is -0.136. The molecule has 1 aromatic heterocycles. The Hall–Kier alpha value is -3.95. The second-order valence-electron chi connectivity index (χ2n) is 6.89. The summed E-state index contributed by atoms with van der Waals surface area (Å²) in [6, 6.07) is 8.87. The molecule has 0 unspecified atom stereocenters. The van der Waals surface area contributed by atoms with E-state index in [0.29, 0.717) is 31.1 Å². The predicted molar refractivity (Wildman–Crippen MR) is 108 cm³/mol. The lowest BCUT2D eigenvalue weighted by Gasteiger charge is -2.16. The monoisotopic (exact) mass is 446 g/mol. The van der Waals surface area contributed by atoms with Crippen molar-refractivity contribution < 1.29 is 36.7 Å². The number of nitrogens with one attached hydrogen (secondary N) is 2. The zero-order valence-corrected chi connectivity index (χ0v) is 16.5. The normalized spacial score (nSPS) is 13.2. The zero-order valence-electron chi connectivity index (χ0n) is 16.5. The SMILES string of the molecule is O=C(Nc1ccc(NC(=O)c2ccc3c(c2)OCCCO3)c(C(F)(F)F)c1)c1ccoc1. The number of carbonyl (C=O) groups is 2. The molecule has 2 heterocycles. The number of hydrogen-bond donors (Lipinski definition) is 2. The molecule has 1 aliphatic heterocycles. The summed E-state index contributed by atoms with van der Waals surface area (Å²) in [5.41, 5.74) is -1.37. The van der Waals surface area contributed by atoms with Gasteiger partial charge in [0.1, 0.15) is 6.26 Å². The van der Waals surface area contributed by atoms with E-state index in [-0.39, 0.29) is 16.8 Å². The summed E-state index contributed by atoms with van der Waals surface area (Å²) in [5, 5.41) is 4.65. The summed E-state index contributed by atoms with van der Waals surface area (Å²) in [6.45, 7) is 0.874. The van der Waals surface area contributed by atoms with Gasteiger partial charge in [0, 0.05) is 17.7 Å². The number of halogens is 3. The van der Waals surface area contributed by atoms with E-state index in [9.17, 15) is 22.8 Å². The van der Waals surface area contributed by atoms with Crippen LogP contribution in [0.25, 0.3) is 0 Å². The number of hydrogen-bond acceptors (Lipinski definition) is 5. The third kappa shape index (κ3) is 4.69. The molecule has 2 N–H and O–H groups in total. The van der Waals surface area contributed by atoms with E-state index in [4.69, 9.17) is 13.9 Å². The number of furan rings is 1. The Morgan fingerprint density at radius 3 is 2.31 bits per heavy atom. The molecule has 32 heavy (non-hydrogen) atoms. The fraction of sp³-hybridized carbons (Fsp3) is 0.182. The fourth-order valence-corrected chi connectivity index (χ4v) is 3.06. The number of carbonyl (C=O) groups excluding carboxylic acids is 2. The smallest absolute Gasteiger partial charge is 0.418 e. The van der Waals surface area contributed by atoms with E-state index in [1.54, 1.807) is 0 Å². The quantitative estimate of drug-likeness (QED) is 0.591. The minimum absolute atomic E-state index is 0.0860. The molecule has 10 heteroatoms. The molecule has 166 valence electrons. The van der Waals surface area contributed by atoms with Crippen LogP contribution >= 0.6 is 0 Å². The second kappa shape index (κ2) is 8.66. The number of fused-ring (bicyclic) bond motifs is 1. The maximum Gasteiger partial charge on any atom is 0.418 e. The first-order valence-electron chi connectivity index (χ1n) is 9.57. The van der Waals surface area contributed by atoms with Gasteiger partial charge in [-0.3, -0.25) is 9.59 Å². The van der Waals surface area contributed by atoms with E-state index in [1.807, 2.05) is 0 Å². The van der Waals surface area contributed by atoms with Crippen molar-refractivity contribution in [3.63, 3.8) is 0 Å². The summed E-state index contributed by atoms with van der Waals surface area (Å²) >= 11 is 0. The lowest BCUT2D eigenvalue weighted by atomic mass is 10.1. The summed E-state index contributed by atoms with van der Waals surface area (Å²) in [4.78, 5) is 24.7. The number of rotatable bonds is 4. The van der Waals surface area contributed by atoms with Gasteiger partial charge in [0.25, 0.3) is 11.8 Å². The summed E-state index contributed by atoms with van der Waals surface area (Å²) in [6.07, 6.45) is -1.66. The van der Waals surface area contributed by atoms with Gasteiger partial charge < -0.3 is 24.5 Å². The van der Waals surface area contributed by atoms with Crippen LogP contribution in [0.4, 0.5) is 24.5 Å². The van der Waals surface area contributed by atoms with Gasteiger partial charge in [-0.05, 0) is 42.5 Å². The maximum atomic E-state index is 13.6. The van der Waals surface area contributed by atoms with Gasteiger partial charge in [-0.15, -0.1) is 0 Å². The minimum atomic E-state index is -4.77. The van der Waals surface area contributed by atoms with Crippen LogP contribution in [-0.4, -0.2) is 25.0 Å². The molecule has 0 saturated carbocycles. The molecule has 7 nitrogen and oxygen atoms in total. The van der Waals surface area contributed by atoms with Crippen LogP contribution in [0.1, 0.15) is 32.7 Å². The number of anilines is 2. The lowest BCUT2D eigenvalue weighted by Crippen LogP contribution is -2.18. The maximum absolute atomic E-state index is 13.6. The predicted octanol–water partition coefficient (Wildman–Crippen LogP) is 4.96. The first-order chi connectivity index (χ1) is 15.3. The van der Waals surface area contributed by atoms with Crippen LogP contribution in [-0.2, 0) is 6.18 Å². The molecule has 2 aromatic carbocycles. The van der Waals surface area contributed by atoms with Gasteiger partial charge in [0.15, 0.2) is 11.5 Å². The highest BCUT2D eigenvalue weighted by atomic mass is 19.4. The van der Waals surface area contributed by atoms with E-state index in [0.717, 1.165) is 12.1 Å². The van der Waals surface area contributed by atoms with E-state index < -0.39 is 29.2 Å². The van der Waals surface area contributed by atoms with Gasteiger partial charge in [0.05, 0.1) is 36.3 Å². The van der Waals surface area contributed by atoms with Crippen molar-refractivity contribution in [1.29, 1.82) is 0 Å². The first-order valence-corrected chi connectivity index (χ1v) is 9.57. The van der Waals surface area contributed by atoms with Crippen LogP contribution in [0.5, 0.6) is 11.5 Å². The zero-order chi connectivity index (χ0) is 22.7. The highest BCUT2D eigenvalue weighted by Crippen LogP contribution is 2.37. The summed E-state index contributed by atoms with van der Waals surface area (Å²) in [7, 11) is 0. The largest absolute Gasteiger partial charge is 0.490 e. The standard InChI is InChI=1S/C22H17F3N2O5/c23-22(24,25)16-11-15(26-21(29)14-6-9-30-12-14)3-4-17(16)27-20(28)13-2-5-18-19(10-13)32-8-1-7-31-18/h2-6,9-12H,1,7-8H2,(H,26,29)(H,27,28). The van der Waals surface area contributed by atoms with Crippen molar-refractivity contribution in [2.45, 2.75) is 12.6 Å². The molecule has 0 bridgehead atoms. The third-order valence-corrected chi connectivity index (χ3v) is 4.62. The van der Waals surface area contributed by atoms with Crippen molar-refractivity contribution >= 4 is 23.2 Å². The molecular formula is C22H17F3N2O5. The van der Waals surface area contributed by atoms with Crippen molar-refractivity contribution in [1.82, 2.24) is 0 Å². The molecule has 0 spiro atoms. The van der Waals surface area contributed by atoms with Gasteiger partial charge in [-0.1, -0.05) is 0 Å².